The Bertz CT molecular complexity index is 1010. The molecule has 0 spiro atoms. The summed E-state index contributed by atoms with van der Waals surface area (Å²) in [5.41, 5.74) is 4.66. The van der Waals surface area contributed by atoms with Gasteiger partial charge in [-0.15, -0.1) is 24.0 Å². The lowest BCUT2D eigenvalue weighted by Crippen LogP contribution is -2.44. The van der Waals surface area contributed by atoms with Gasteiger partial charge in [0.15, 0.2) is 5.96 Å². The molecule has 1 aliphatic heterocycles. The molecule has 0 radical (unpaired) electrons. The van der Waals surface area contributed by atoms with Gasteiger partial charge < -0.3 is 19.4 Å². The summed E-state index contributed by atoms with van der Waals surface area (Å²) < 4.78 is 7.40. The number of ether oxygens (including phenoxy) is 1. The topological polar surface area (TPSA) is 54.2 Å². The maximum Gasteiger partial charge on any atom is 0.193 e. The molecule has 30 heavy (non-hydrogen) atoms. The van der Waals surface area contributed by atoms with Crippen LogP contribution in [0.2, 0.25) is 0 Å². The number of halogens is 1. The summed E-state index contributed by atoms with van der Waals surface area (Å²) >= 11 is 0. The zero-order valence-corrected chi connectivity index (χ0v) is 19.7. The SMILES string of the molecule is CN=C(NCCc1cn2ccccc2n1)N1CC=C(c2cccc(OC)c2)CC1.I. The first kappa shape index (κ1) is 22.1. The summed E-state index contributed by atoms with van der Waals surface area (Å²) in [4.78, 5) is 11.4. The molecule has 0 saturated heterocycles. The molecule has 158 valence electrons. The van der Waals surface area contributed by atoms with Crippen molar-refractivity contribution < 1.29 is 4.74 Å². The molecule has 1 aromatic carbocycles. The number of hydrogen-bond donors (Lipinski definition) is 1. The minimum absolute atomic E-state index is 0. The van der Waals surface area contributed by atoms with Crippen molar-refractivity contribution in [2.24, 2.45) is 4.99 Å². The Morgan fingerprint density at radius 3 is 2.87 bits per heavy atom. The average Bonchev–Trinajstić information content (AvgIpc) is 3.20. The quantitative estimate of drug-likeness (QED) is 0.317. The Kier molecular flexibility index (Phi) is 7.73. The van der Waals surface area contributed by atoms with E-state index in [-0.39, 0.29) is 24.0 Å². The summed E-state index contributed by atoms with van der Waals surface area (Å²) in [6.45, 7) is 2.59. The van der Waals surface area contributed by atoms with E-state index in [9.17, 15) is 0 Å². The fraction of sp³-hybridized carbons (Fsp3) is 0.304. The number of hydrogen-bond acceptors (Lipinski definition) is 3. The van der Waals surface area contributed by atoms with Crippen molar-refractivity contribution in [3.8, 4) is 5.75 Å². The molecule has 7 heteroatoms. The van der Waals surface area contributed by atoms with Crippen LogP contribution in [0.25, 0.3) is 11.2 Å². The number of guanidine groups is 1. The maximum atomic E-state index is 5.35. The third-order valence-electron chi connectivity index (χ3n) is 5.24. The van der Waals surface area contributed by atoms with Gasteiger partial charge in [-0.3, -0.25) is 4.99 Å². The second-order valence-electron chi connectivity index (χ2n) is 7.08. The number of methoxy groups -OCH3 is 1. The fourth-order valence-electron chi connectivity index (χ4n) is 3.69. The van der Waals surface area contributed by atoms with E-state index in [4.69, 9.17) is 4.74 Å². The highest BCUT2D eigenvalue weighted by Crippen LogP contribution is 2.25. The first-order valence-electron chi connectivity index (χ1n) is 9.98. The van der Waals surface area contributed by atoms with Crippen LogP contribution in [0, 0.1) is 0 Å². The summed E-state index contributed by atoms with van der Waals surface area (Å²) in [6.07, 6.45) is 8.25. The van der Waals surface area contributed by atoms with Gasteiger partial charge in [0.1, 0.15) is 11.4 Å². The van der Waals surface area contributed by atoms with Crippen LogP contribution in [0.3, 0.4) is 0 Å². The molecular formula is C23H28IN5O. The van der Waals surface area contributed by atoms with Crippen LogP contribution in [0.15, 0.2) is 65.9 Å². The van der Waals surface area contributed by atoms with Crippen LogP contribution in [0.5, 0.6) is 5.75 Å². The Hall–Kier alpha value is -2.55. The number of imidazole rings is 1. The second-order valence-corrected chi connectivity index (χ2v) is 7.08. The van der Waals surface area contributed by atoms with Gasteiger partial charge in [-0.1, -0.05) is 24.3 Å². The van der Waals surface area contributed by atoms with Crippen molar-refractivity contribution >= 4 is 41.2 Å². The Labute approximate surface area is 194 Å². The van der Waals surface area contributed by atoms with Crippen molar-refractivity contribution in [3.63, 3.8) is 0 Å². The van der Waals surface area contributed by atoms with E-state index in [1.807, 2.05) is 43.6 Å². The number of fused-ring (bicyclic) bond motifs is 1. The zero-order valence-electron chi connectivity index (χ0n) is 17.4. The number of nitrogens with one attached hydrogen (secondary N) is 1. The number of benzene rings is 1. The molecule has 0 fully saturated rings. The van der Waals surface area contributed by atoms with Gasteiger partial charge in [0, 0.05) is 45.5 Å². The third-order valence-corrected chi connectivity index (χ3v) is 5.24. The summed E-state index contributed by atoms with van der Waals surface area (Å²) in [6, 6.07) is 14.3. The van der Waals surface area contributed by atoms with Crippen molar-refractivity contribution in [2.75, 3.05) is 33.8 Å². The number of rotatable bonds is 5. The lowest BCUT2D eigenvalue weighted by atomic mass is 9.99. The highest BCUT2D eigenvalue weighted by Gasteiger charge is 2.16. The maximum absolute atomic E-state index is 5.35. The molecular weight excluding hydrogens is 489 g/mol. The molecule has 3 aromatic rings. The minimum Gasteiger partial charge on any atom is -0.497 e. The van der Waals surface area contributed by atoms with Gasteiger partial charge in [0.25, 0.3) is 0 Å². The summed E-state index contributed by atoms with van der Waals surface area (Å²) in [5, 5.41) is 3.48. The molecule has 4 rings (SSSR count). The Morgan fingerprint density at radius 1 is 1.23 bits per heavy atom. The standard InChI is InChI=1S/C23H27N5O.HI/c1-24-23(25-12-9-20-17-28-13-4-3-8-22(28)26-20)27-14-10-18(11-15-27)19-6-5-7-21(16-19)29-2;/h3-8,10,13,16-17H,9,11-12,14-15H2,1-2H3,(H,24,25);1H. The van der Waals surface area contributed by atoms with E-state index in [1.54, 1.807) is 7.11 Å². The summed E-state index contributed by atoms with van der Waals surface area (Å²) in [5.74, 6) is 1.84. The minimum atomic E-state index is 0. The molecule has 0 aliphatic carbocycles. The van der Waals surface area contributed by atoms with Gasteiger partial charge in [-0.05, 0) is 41.8 Å². The second kappa shape index (κ2) is 10.5. The molecule has 0 bridgehead atoms. The van der Waals surface area contributed by atoms with Gasteiger partial charge in [0.2, 0.25) is 0 Å². The van der Waals surface area contributed by atoms with Crippen LogP contribution < -0.4 is 10.1 Å². The van der Waals surface area contributed by atoms with E-state index in [1.165, 1.54) is 11.1 Å². The van der Waals surface area contributed by atoms with E-state index in [2.05, 4.69) is 49.0 Å². The molecule has 1 N–H and O–H groups in total. The predicted octanol–water partition coefficient (Wildman–Crippen LogP) is 3.87. The molecule has 0 amide bonds. The smallest absolute Gasteiger partial charge is 0.193 e. The first-order valence-corrected chi connectivity index (χ1v) is 9.98. The van der Waals surface area contributed by atoms with E-state index >= 15 is 0 Å². The van der Waals surface area contributed by atoms with Crippen LogP contribution >= 0.6 is 24.0 Å². The molecule has 0 saturated carbocycles. The number of aromatic nitrogens is 2. The van der Waals surface area contributed by atoms with Crippen LogP contribution in [0.4, 0.5) is 0 Å². The van der Waals surface area contributed by atoms with Crippen LogP contribution in [0.1, 0.15) is 17.7 Å². The van der Waals surface area contributed by atoms with Gasteiger partial charge in [-0.2, -0.15) is 0 Å². The molecule has 0 atom stereocenters. The van der Waals surface area contributed by atoms with Crippen molar-refractivity contribution in [2.45, 2.75) is 12.8 Å². The Morgan fingerprint density at radius 2 is 2.13 bits per heavy atom. The van der Waals surface area contributed by atoms with Gasteiger partial charge in [0.05, 0.1) is 12.8 Å². The largest absolute Gasteiger partial charge is 0.497 e. The van der Waals surface area contributed by atoms with Crippen LogP contribution in [-0.2, 0) is 6.42 Å². The van der Waals surface area contributed by atoms with E-state index in [0.29, 0.717) is 0 Å². The van der Waals surface area contributed by atoms with Crippen molar-refractivity contribution in [1.82, 2.24) is 19.6 Å². The normalized spacial score (nSPS) is 14.3. The van der Waals surface area contributed by atoms with Crippen LogP contribution in [-0.4, -0.2) is 54.0 Å². The predicted molar refractivity (Wildman–Crippen MR) is 133 cm³/mol. The van der Waals surface area contributed by atoms with Crippen molar-refractivity contribution in [3.05, 3.63) is 72.2 Å². The lowest BCUT2D eigenvalue weighted by molar-refractivity contribution is 0.414. The molecule has 3 heterocycles. The first-order chi connectivity index (χ1) is 14.3. The Balaban J connectivity index is 0.00000256. The molecule has 2 aromatic heterocycles. The third kappa shape index (κ3) is 5.13. The van der Waals surface area contributed by atoms with Gasteiger partial charge in [-0.25, -0.2) is 4.98 Å². The van der Waals surface area contributed by atoms with E-state index in [0.717, 1.165) is 55.5 Å². The number of pyridine rings is 1. The number of aliphatic imine (C=N–C) groups is 1. The number of nitrogens with zero attached hydrogens (tertiary/aromatic N) is 4. The van der Waals surface area contributed by atoms with Crippen molar-refractivity contribution in [1.29, 1.82) is 0 Å². The van der Waals surface area contributed by atoms with E-state index < -0.39 is 0 Å². The van der Waals surface area contributed by atoms with Gasteiger partial charge >= 0.3 is 0 Å². The highest BCUT2D eigenvalue weighted by atomic mass is 127. The molecule has 0 unspecified atom stereocenters. The lowest BCUT2D eigenvalue weighted by Gasteiger charge is -2.29. The zero-order chi connectivity index (χ0) is 20.1. The highest BCUT2D eigenvalue weighted by molar-refractivity contribution is 14.0. The fourth-order valence-corrected chi connectivity index (χ4v) is 3.69. The molecule has 6 nitrogen and oxygen atoms in total. The summed E-state index contributed by atoms with van der Waals surface area (Å²) in [7, 11) is 3.55. The molecule has 1 aliphatic rings. The monoisotopic (exact) mass is 517 g/mol. The average molecular weight is 517 g/mol.